The summed E-state index contributed by atoms with van der Waals surface area (Å²) < 4.78 is 41.7. The Balaban J connectivity index is 1.13. The summed E-state index contributed by atoms with van der Waals surface area (Å²) in [5.74, 6) is -0.947. The summed E-state index contributed by atoms with van der Waals surface area (Å²) >= 11 is 0. The average Bonchev–Trinajstić information content (AvgIpc) is 4.14. The number of nitrogens with zero attached hydrogens (tertiary/aromatic N) is 1. The third-order valence-electron chi connectivity index (χ3n) is 11.5. The molecule has 5 N–H and O–H groups in total. The van der Waals surface area contributed by atoms with Gasteiger partial charge in [0.2, 0.25) is 0 Å². The van der Waals surface area contributed by atoms with Crippen molar-refractivity contribution >= 4 is 44.7 Å². The highest BCUT2D eigenvalue weighted by atomic mass is 19.4. The molecule has 8 rings (SSSR count). The Kier molecular flexibility index (Phi) is 9.48. The number of halogens is 3. The summed E-state index contributed by atoms with van der Waals surface area (Å²) in [6.45, 7) is 1.55. The van der Waals surface area contributed by atoms with E-state index in [9.17, 15) is 22.8 Å². The van der Waals surface area contributed by atoms with Gasteiger partial charge >= 0.3 is 6.18 Å². The summed E-state index contributed by atoms with van der Waals surface area (Å²) in [4.78, 5) is 30.2. The lowest BCUT2D eigenvalue weighted by molar-refractivity contribution is -0.137. The molecular weight excluding hydrogens is 712 g/mol. The number of fused-ring (bicyclic) bond motifs is 2. The van der Waals surface area contributed by atoms with E-state index in [-0.39, 0.29) is 11.6 Å². The van der Waals surface area contributed by atoms with Gasteiger partial charge in [-0.05, 0) is 113 Å². The number of nitrogens with two attached hydrogens (primary N) is 1. The number of benzene rings is 6. The highest BCUT2D eigenvalue weighted by Gasteiger charge is 2.48. The first-order valence-electron chi connectivity index (χ1n) is 19.0. The van der Waals surface area contributed by atoms with Gasteiger partial charge in [0.05, 0.1) is 22.2 Å². The van der Waals surface area contributed by atoms with Crippen molar-refractivity contribution in [2.24, 2.45) is 0 Å². The number of hydrogen-bond donors (Lipinski definition) is 4. The smallest absolute Gasteiger partial charge is 0.399 e. The molecule has 0 aliphatic heterocycles. The zero-order valence-electron chi connectivity index (χ0n) is 31.4. The molecule has 2 aliphatic carbocycles. The lowest BCUT2D eigenvalue weighted by atomic mass is 9.90. The Labute approximate surface area is 324 Å². The van der Waals surface area contributed by atoms with Gasteiger partial charge in [0, 0.05) is 37.1 Å². The second-order valence-corrected chi connectivity index (χ2v) is 15.3. The molecule has 2 saturated carbocycles. The molecule has 0 atom stereocenters. The van der Waals surface area contributed by atoms with Gasteiger partial charge in [0.15, 0.2) is 0 Å². The van der Waals surface area contributed by atoms with Crippen molar-refractivity contribution in [2.45, 2.75) is 49.4 Å². The molecule has 286 valence electrons. The molecule has 56 heavy (non-hydrogen) atoms. The van der Waals surface area contributed by atoms with Crippen molar-refractivity contribution < 1.29 is 22.8 Å². The van der Waals surface area contributed by atoms with Gasteiger partial charge in [-0.3, -0.25) is 9.59 Å². The van der Waals surface area contributed by atoms with Crippen molar-refractivity contribution in [2.75, 3.05) is 37.8 Å². The van der Waals surface area contributed by atoms with Gasteiger partial charge in [-0.25, -0.2) is 0 Å². The van der Waals surface area contributed by atoms with Gasteiger partial charge in [-0.15, -0.1) is 0 Å². The van der Waals surface area contributed by atoms with Crippen LogP contribution in [0.15, 0.2) is 115 Å². The van der Waals surface area contributed by atoms with Crippen molar-refractivity contribution in [3.63, 3.8) is 0 Å². The Morgan fingerprint density at radius 1 is 0.696 bits per heavy atom. The minimum Gasteiger partial charge on any atom is -0.399 e. The molecule has 10 heteroatoms. The molecule has 0 radical (unpaired) electrons. The van der Waals surface area contributed by atoms with Crippen LogP contribution in [0.2, 0.25) is 0 Å². The van der Waals surface area contributed by atoms with Crippen LogP contribution in [-0.4, -0.2) is 39.0 Å². The second-order valence-electron chi connectivity index (χ2n) is 15.3. The number of rotatable bonds is 12. The largest absolute Gasteiger partial charge is 0.417 e. The van der Waals surface area contributed by atoms with Crippen LogP contribution in [0.25, 0.3) is 21.5 Å². The van der Waals surface area contributed by atoms with Crippen LogP contribution in [0.5, 0.6) is 0 Å². The van der Waals surface area contributed by atoms with E-state index in [1.165, 1.54) is 0 Å². The number of amides is 2. The fraction of sp³-hybridized carbons (Fsp3) is 0.261. The summed E-state index contributed by atoms with van der Waals surface area (Å²) in [6, 6.07) is 35.5. The minimum atomic E-state index is -4.71. The molecule has 2 amide bonds. The van der Waals surface area contributed by atoms with Crippen molar-refractivity contribution in [3.05, 3.63) is 154 Å². The maximum atomic E-state index is 14.5. The van der Waals surface area contributed by atoms with Crippen molar-refractivity contribution in [3.8, 4) is 0 Å². The lowest BCUT2D eigenvalue weighted by Gasteiger charge is -2.24. The van der Waals surface area contributed by atoms with Crippen LogP contribution >= 0.6 is 0 Å². The molecule has 0 spiro atoms. The van der Waals surface area contributed by atoms with Crippen LogP contribution in [0.1, 0.15) is 74.2 Å². The molecule has 0 saturated heterocycles. The number of hydrogen-bond acceptors (Lipinski definition) is 5. The number of nitrogen functional groups attached to an aromatic ring is 1. The lowest BCUT2D eigenvalue weighted by Crippen LogP contribution is -2.36. The fourth-order valence-corrected chi connectivity index (χ4v) is 8.11. The highest BCUT2D eigenvalue weighted by molar-refractivity contribution is 6.00. The van der Waals surface area contributed by atoms with Gasteiger partial charge in [0.25, 0.3) is 11.8 Å². The van der Waals surface area contributed by atoms with E-state index >= 15 is 0 Å². The SMILES string of the molecule is CNCCN(C)c1ccc(Cc2cccc3c(C4(NC(=O)c5cc(N)ccc5C(F)(F)F)CC4)cccc23)c(C(=O)NC2(c3cccc4ccccc34)CC2)c1. The molecule has 6 aromatic rings. The first-order valence-corrected chi connectivity index (χ1v) is 19.0. The normalized spacial score (nSPS) is 15.4. The molecule has 6 aromatic carbocycles. The maximum Gasteiger partial charge on any atom is 0.417 e. The number of carbonyl (C=O) groups is 2. The number of carbonyl (C=O) groups excluding carboxylic acids is 2. The van der Waals surface area contributed by atoms with Crippen molar-refractivity contribution in [1.29, 1.82) is 0 Å². The van der Waals surface area contributed by atoms with E-state index in [0.29, 0.717) is 24.8 Å². The quantitative estimate of drug-likeness (QED) is 0.0938. The fourth-order valence-electron chi connectivity index (χ4n) is 8.11. The Morgan fingerprint density at radius 3 is 2.00 bits per heavy atom. The van der Waals surface area contributed by atoms with Crippen LogP contribution in [0, 0.1) is 0 Å². The van der Waals surface area contributed by atoms with Gasteiger partial charge in [-0.2, -0.15) is 13.2 Å². The standard InChI is InChI=1S/C46H44F3N5O2/c1-51-24-25-54(2)33-18-16-31(37(28-33)42(55)52-44(20-21-44)39-14-6-9-29-8-3-4-11-35(29)39)26-30-10-5-13-36-34(30)12-7-15-40(36)45(22-23-45)53-43(56)38-27-32(50)17-19-41(38)46(47,48)49/h3-19,27-28,51H,20-26,50H2,1-2H3,(H,52,55)(H,53,56). The third kappa shape index (κ3) is 7.05. The summed E-state index contributed by atoms with van der Waals surface area (Å²) in [7, 11) is 3.93. The Bertz CT molecular complexity index is 2480. The van der Waals surface area contributed by atoms with Crippen LogP contribution in [-0.2, 0) is 23.7 Å². The van der Waals surface area contributed by atoms with E-state index in [1.807, 2.05) is 74.8 Å². The average molecular weight is 756 g/mol. The summed E-state index contributed by atoms with van der Waals surface area (Å²) in [5, 5.41) is 13.7. The predicted octanol–water partition coefficient (Wildman–Crippen LogP) is 8.68. The molecule has 0 bridgehead atoms. The zero-order valence-corrected chi connectivity index (χ0v) is 31.4. The van der Waals surface area contributed by atoms with E-state index in [2.05, 4.69) is 57.2 Å². The van der Waals surface area contributed by atoms with E-state index in [4.69, 9.17) is 5.73 Å². The van der Waals surface area contributed by atoms with Crippen LogP contribution in [0.4, 0.5) is 24.5 Å². The first kappa shape index (κ1) is 37.1. The Hall–Kier alpha value is -5.87. The predicted molar refractivity (Wildman–Crippen MR) is 217 cm³/mol. The molecule has 7 nitrogen and oxygen atoms in total. The number of likely N-dealkylation sites (N-methyl/N-ethyl adjacent to an activating group) is 2. The van der Waals surface area contributed by atoms with E-state index in [0.717, 1.165) is 93.6 Å². The van der Waals surface area contributed by atoms with Gasteiger partial charge < -0.3 is 26.6 Å². The number of alkyl halides is 3. The van der Waals surface area contributed by atoms with Crippen LogP contribution < -0.4 is 26.6 Å². The second kappa shape index (κ2) is 14.3. The Morgan fingerprint density at radius 2 is 1.30 bits per heavy atom. The maximum absolute atomic E-state index is 14.5. The first-order chi connectivity index (χ1) is 26.9. The van der Waals surface area contributed by atoms with E-state index < -0.39 is 34.3 Å². The molecule has 0 heterocycles. The molecule has 2 aliphatic rings. The summed E-state index contributed by atoms with van der Waals surface area (Å²) in [5.41, 5.74) is 8.47. The number of nitrogens with one attached hydrogen (secondary N) is 3. The zero-order chi connectivity index (χ0) is 39.2. The number of anilines is 2. The van der Waals surface area contributed by atoms with Crippen LogP contribution in [0.3, 0.4) is 0 Å². The third-order valence-corrected chi connectivity index (χ3v) is 11.5. The van der Waals surface area contributed by atoms with Gasteiger partial charge in [0.1, 0.15) is 0 Å². The molecule has 0 aromatic heterocycles. The monoisotopic (exact) mass is 755 g/mol. The topological polar surface area (TPSA) is 99.5 Å². The molecule has 0 unspecified atom stereocenters. The highest BCUT2D eigenvalue weighted by Crippen LogP contribution is 2.50. The molecule has 2 fully saturated rings. The van der Waals surface area contributed by atoms with Gasteiger partial charge in [-0.1, -0.05) is 84.9 Å². The summed E-state index contributed by atoms with van der Waals surface area (Å²) in [6.07, 6.45) is -1.39. The van der Waals surface area contributed by atoms with E-state index in [1.54, 1.807) is 0 Å². The minimum absolute atomic E-state index is 0.0781. The molecular formula is C46H44F3N5O2. The van der Waals surface area contributed by atoms with Crippen molar-refractivity contribution in [1.82, 2.24) is 16.0 Å².